The van der Waals surface area contributed by atoms with Gasteiger partial charge in [0.05, 0.1) is 0 Å². The highest BCUT2D eigenvalue weighted by Gasteiger charge is 2.15. The number of nitrogens with one attached hydrogen (secondary N) is 1. The fourth-order valence-electron chi connectivity index (χ4n) is 2.38. The Morgan fingerprint density at radius 2 is 2.08 bits per heavy atom. The standard InChI is InChI=1S/C17H10BrN5O3/c18-11-2-3-13-10(6-11)7-12(17(25)26-13)16(24)22-14-8-15(20-9-19-14)23-5-1-4-21-23/h1-9H,(H,19,20,22,24). The smallest absolute Gasteiger partial charge is 0.349 e. The molecule has 8 nitrogen and oxygen atoms in total. The highest BCUT2D eigenvalue weighted by Crippen LogP contribution is 2.19. The quantitative estimate of drug-likeness (QED) is 0.519. The first-order valence-electron chi connectivity index (χ1n) is 7.47. The van der Waals surface area contributed by atoms with Gasteiger partial charge < -0.3 is 9.73 Å². The summed E-state index contributed by atoms with van der Waals surface area (Å²) in [5, 5.41) is 7.27. The number of hydrogen-bond acceptors (Lipinski definition) is 6. The number of carbonyl (C=O) groups is 1. The second-order valence-electron chi connectivity index (χ2n) is 5.30. The van der Waals surface area contributed by atoms with Crippen molar-refractivity contribution in [2.75, 3.05) is 5.32 Å². The van der Waals surface area contributed by atoms with Crippen LogP contribution in [0.4, 0.5) is 5.82 Å². The predicted molar refractivity (Wildman–Crippen MR) is 97.3 cm³/mol. The lowest BCUT2D eigenvalue weighted by Gasteiger charge is -2.06. The van der Waals surface area contributed by atoms with Crippen molar-refractivity contribution < 1.29 is 9.21 Å². The molecule has 1 amide bonds. The van der Waals surface area contributed by atoms with Gasteiger partial charge in [-0.1, -0.05) is 15.9 Å². The number of benzene rings is 1. The number of fused-ring (bicyclic) bond motifs is 1. The molecule has 0 spiro atoms. The molecule has 0 saturated heterocycles. The monoisotopic (exact) mass is 411 g/mol. The summed E-state index contributed by atoms with van der Waals surface area (Å²) in [4.78, 5) is 32.7. The average Bonchev–Trinajstić information content (AvgIpc) is 3.16. The summed E-state index contributed by atoms with van der Waals surface area (Å²) in [7, 11) is 0. The van der Waals surface area contributed by atoms with Crippen molar-refractivity contribution in [3.8, 4) is 5.82 Å². The third kappa shape index (κ3) is 3.11. The summed E-state index contributed by atoms with van der Waals surface area (Å²) in [5.41, 5.74) is -0.439. The number of aromatic nitrogens is 4. The zero-order valence-electron chi connectivity index (χ0n) is 13.1. The molecule has 0 radical (unpaired) electrons. The van der Waals surface area contributed by atoms with Crippen LogP contribution in [0, 0.1) is 0 Å². The lowest BCUT2D eigenvalue weighted by molar-refractivity contribution is 0.102. The van der Waals surface area contributed by atoms with Gasteiger partial charge in [0.2, 0.25) is 0 Å². The van der Waals surface area contributed by atoms with E-state index < -0.39 is 11.5 Å². The van der Waals surface area contributed by atoms with E-state index in [0.717, 1.165) is 4.47 Å². The maximum atomic E-state index is 12.5. The normalized spacial score (nSPS) is 10.8. The maximum absolute atomic E-state index is 12.5. The van der Waals surface area contributed by atoms with Gasteiger partial charge in [-0.05, 0) is 30.3 Å². The predicted octanol–water partition coefficient (Wildman–Crippen LogP) is 2.78. The van der Waals surface area contributed by atoms with Gasteiger partial charge in [0, 0.05) is 28.3 Å². The highest BCUT2D eigenvalue weighted by molar-refractivity contribution is 9.10. The Kier molecular flexibility index (Phi) is 4.05. The summed E-state index contributed by atoms with van der Waals surface area (Å²) in [6.07, 6.45) is 4.62. The molecule has 0 aliphatic rings. The lowest BCUT2D eigenvalue weighted by atomic mass is 10.2. The number of anilines is 1. The number of rotatable bonds is 3. The van der Waals surface area contributed by atoms with Crippen molar-refractivity contribution in [3.63, 3.8) is 0 Å². The Hall–Kier alpha value is -3.33. The summed E-state index contributed by atoms with van der Waals surface area (Å²) in [6.45, 7) is 0. The van der Waals surface area contributed by atoms with Crippen molar-refractivity contribution in [3.05, 3.63) is 75.6 Å². The molecule has 4 aromatic rings. The molecule has 0 bridgehead atoms. The minimum Gasteiger partial charge on any atom is -0.422 e. The van der Waals surface area contributed by atoms with Crippen LogP contribution in [0.2, 0.25) is 0 Å². The van der Waals surface area contributed by atoms with Gasteiger partial charge in [-0.15, -0.1) is 0 Å². The first kappa shape index (κ1) is 16.2. The van der Waals surface area contributed by atoms with Crippen LogP contribution in [-0.2, 0) is 0 Å². The van der Waals surface area contributed by atoms with Crippen LogP contribution in [0.25, 0.3) is 16.8 Å². The lowest BCUT2D eigenvalue weighted by Crippen LogP contribution is -2.21. The third-order valence-electron chi connectivity index (χ3n) is 3.57. The zero-order valence-corrected chi connectivity index (χ0v) is 14.7. The van der Waals surface area contributed by atoms with Crippen LogP contribution in [0.3, 0.4) is 0 Å². The van der Waals surface area contributed by atoms with Gasteiger partial charge in [0.15, 0.2) is 5.82 Å². The van der Waals surface area contributed by atoms with Crippen LogP contribution in [0.15, 0.2) is 68.8 Å². The minimum absolute atomic E-state index is 0.116. The molecule has 0 unspecified atom stereocenters. The van der Waals surface area contributed by atoms with Gasteiger partial charge >= 0.3 is 5.63 Å². The van der Waals surface area contributed by atoms with Crippen molar-refractivity contribution in [2.45, 2.75) is 0 Å². The number of carbonyl (C=O) groups excluding carboxylic acids is 1. The molecule has 128 valence electrons. The van der Waals surface area contributed by atoms with E-state index in [2.05, 4.69) is 36.3 Å². The number of nitrogens with zero attached hydrogens (tertiary/aromatic N) is 4. The molecule has 0 aliphatic heterocycles. The second kappa shape index (κ2) is 6.52. The Labute approximate surface area is 154 Å². The Bertz CT molecular complexity index is 1170. The van der Waals surface area contributed by atoms with E-state index in [9.17, 15) is 9.59 Å². The Morgan fingerprint density at radius 1 is 1.19 bits per heavy atom. The molecule has 1 N–H and O–H groups in total. The first-order chi connectivity index (χ1) is 12.6. The van der Waals surface area contributed by atoms with Crippen LogP contribution in [0.1, 0.15) is 10.4 Å². The molecule has 26 heavy (non-hydrogen) atoms. The molecule has 3 heterocycles. The summed E-state index contributed by atoms with van der Waals surface area (Å²) < 4.78 is 7.54. The molecular formula is C17H10BrN5O3. The van der Waals surface area contributed by atoms with E-state index in [-0.39, 0.29) is 11.4 Å². The van der Waals surface area contributed by atoms with Gasteiger partial charge in [-0.3, -0.25) is 4.79 Å². The van der Waals surface area contributed by atoms with Crippen molar-refractivity contribution in [2.24, 2.45) is 0 Å². The van der Waals surface area contributed by atoms with Crippen molar-refractivity contribution in [1.82, 2.24) is 19.7 Å². The minimum atomic E-state index is -0.723. The molecule has 0 aliphatic carbocycles. The summed E-state index contributed by atoms with van der Waals surface area (Å²) >= 11 is 3.35. The topological polar surface area (TPSA) is 103 Å². The zero-order chi connectivity index (χ0) is 18.1. The molecule has 0 fully saturated rings. The molecule has 0 atom stereocenters. The fraction of sp³-hybridized carbons (Fsp3) is 0. The third-order valence-corrected chi connectivity index (χ3v) is 4.07. The first-order valence-corrected chi connectivity index (χ1v) is 8.26. The number of halogens is 1. The summed E-state index contributed by atoms with van der Waals surface area (Å²) in [6, 6.07) is 9.95. The van der Waals surface area contributed by atoms with Gasteiger partial charge in [-0.25, -0.2) is 19.4 Å². The van der Waals surface area contributed by atoms with Crippen LogP contribution < -0.4 is 10.9 Å². The van der Waals surface area contributed by atoms with E-state index in [0.29, 0.717) is 16.8 Å². The maximum Gasteiger partial charge on any atom is 0.349 e. The van der Waals surface area contributed by atoms with Gasteiger partial charge in [-0.2, -0.15) is 5.10 Å². The number of hydrogen-bond donors (Lipinski definition) is 1. The Balaban J connectivity index is 1.66. The van der Waals surface area contributed by atoms with E-state index in [1.165, 1.54) is 17.1 Å². The van der Waals surface area contributed by atoms with Crippen molar-refractivity contribution in [1.29, 1.82) is 0 Å². The second-order valence-corrected chi connectivity index (χ2v) is 6.21. The van der Waals surface area contributed by atoms with Gasteiger partial charge in [0.25, 0.3) is 5.91 Å². The van der Waals surface area contributed by atoms with Crippen LogP contribution >= 0.6 is 15.9 Å². The van der Waals surface area contributed by atoms with Gasteiger partial charge in [0.1, 0.15) is 23.3 Å². The molecule has 3 aromatic heterocycles. The fourth-order valence-corrected chi connectivity index (χ4v) is 2.76. The molecule has 9 heteroatoms. The number of amides is 1. The highest BCUT2D eigenvalue weighted by atomic mass is 79.9. The SMILES string of the molecule is O=C(Nc1cc(-n2cccn2)ncn1)c1cc2cc(Br)ccc2oc1=O. The van der Waals surface area contributed by atoms with E-state index in [1.54, 1.807) is 42.7 Å². The van der Waals surface area contributed by atoms with E-state index in [4.69, 9.17) is 4.42 Å². The average molecular weight is 412 g/mol. The molecule has 0 saturated carbocycles. The summed E-state index contributed by atoms with van der Waals surface area (Å²) in [5.74, 6) is 0.102. The van der Waals surface area contributed by atoms with E-state index in [1.807, 2.05) is 0 Å². The van der Waals surface area contributed by atoms with E-state index >= 15 is 0 Å². The molecule has 1 aromatic carbocycles. The molecular weight excluding hydrogens is 402 g/mol. The van der Waals surface area contributed by atoms with Crippen molar-refractivity contribution >= 4 is 38.6 Å². The Morgan fingerprint density at radius 3 is 2.88 bits per heavy atom. The molecule has 4 rings (SSSR count). The largest absolute Gasteiger partial charge is 0.422 e. The van der Waals surface area contributed by atoms with Crippen LogP contribution in [-0.4, -0.2) is 25.7 Å². The van der Waals surface area contributed by atoms with Crippen LogP contribution in [0.5, 0.6) is 0 Å².